The molecular weight excluding hydrogens is 286 g/mol. The molecule has 90 valence electrons. The number of aliphatic carboxylic acids is 1. The number of carboxylic acid groups (broad SMARTS) is 1. The van der Waals surface area contributed by atoms with E-state index in [-0.39, 0.29) is 11.8 Å². The Balaban J connectivity index is 2.05. The van der Waals surface area contributed by atoms with E-state index in [0.717, 1.165) is 10.0 Å². The molecule has 5 heteroatoms. The Morgan fingerprint density at radius 1 is 1.41 bits per heavy atom. The molecule has 0 radical (unpaired) electrons. The number of carboxylic acids is 1. The number of anilines is 1. The van der Waals surface area contributed by atoms with Crippen LogP contribution in [0.15, 0.2) is 22.7 Å². The fourth-order valence-electron chi connectivity index (χ4n) is 1.73. The number of carbonyl (C=O) groups is 2. The van der Waals surface area contributed by atoms with Gasteiger partial charge >= 0.3 is 5.97 Å². The van der Waals surface area contributed by atoms with Crippen molar-refractivity contribution in [2.24, 2.45) is 11.8 Å². The highest BCUT2D eigenvalue weighted by Gasteiger charge is 2.48. The van der Waals surface area contributed by atoms with Crippen LogP contribution in [-0.4, -0.2) is 17.0 Å². The van der Waals surface area contributed by atoms with Gasteiger partial charge in [-0.25, -0.2) is 0 Å². The van der Waals surface area contributed by atoms with E-state index in [9.17, 15) is 9.59 Å². The molecule has 1 aromatic rings. The lowest BCUT2D eigenvalue weighted by atomic mass is 10.2. The van der Waals surface area contributed by atoms with Crippen molar-refractivity contribution in [3.63, 3.8) is 0 Å². The maximum atomic E-state index is 11.8. The van der Waals surface area contributed by atoms with Crippen molar-refractivity contribution in [2.75, 3.05) is 5.32 Å². The average Bonchev–Trinajstić information content (AvgIpc) is 3.04. The van der Waals surface area contributed by atoms with E-state index < -0.39 is 11.9 Å². The van der Waals surface area contributed by atoms with E-state index in [1.165, 1.54) is 0 Å². The molecule has 4 nitrogen and oxygen atoms in total. The van der Waals surface area contributed by atoms with Gasteiger partial charge in [-0.05, 0) is 40.9 Å². The highest BCUT2D eigenvalue weighted by Crippen LogP contribution is 2.40. The van der Waals surface area contributed by atoms with Gasteiger partial charge in [0.25, 0.3) is 0 Å². The van der Waals surface area contributed by atoms with Crippen LogP contribution in [0, 0.1) is 18.8 Å². The van der Waals surface area contributed by atoms with Crippen molar-refractivity contribution < 1.29 is 14.7 Å². The van der Waals surface area contributed by atoms with Crippen molar-refractivity contribution >= 4 is 33.5 Å². The zero-order chi connectivity index (χ0) is 12.6. The molecule has 2 rings (SSSR count). The highest BCUT2D eigenvalue weighted by atomic mass is 79.9. The molecule has 17 heavy (non-hydrogen) atoms. The van der Waals surface area contributed by atoms with Crippen LogP contribution in [0.4, 0.5) is 5.69 Å². The largest absolute Gasteiger partial charge is 0.481 e. The van der Waals surface area contributed by atoms with Crippen LogP contribution in [0.2, 0.25) is 0 Å². The van der Waals surface area contributed by atoms with E-state index in [2.05, 4.69) is 21.2 Å². The first-order valence-corrected chi connectivity index (χ1v) is 6.09. The first kappa shape index (κ1) is 12.1. The number of amides is 1. The number of benzene rings is 1. The summed E-state index contributed by atoms with van der Waals surface area (Å²) in [6.07, 6.45) is 0.435. The Morgan fingerprint density at radius 3 is 2.71 bits per heavy atom. The van der Waals surface area contributed by atoms with Gasteiger partial charge in [-0.15, -0.1) is 0 Å². The first-order chi connectivity index (χ1) is 8.00. The van der Waals surface area contributed by atoms with E-state index in [4.69, 9.17) is 5.11 Å². The molecule has 0 spiro atoms. The van der Waals surface area contributed by atoms with Gasteiger partial charge in [0.05, 0.1) is 17.5 Å². The molecule has 1 saturated carbocycles. The summed E-state index contributed by atoms with van der Waals surface area (Å²) >= 11 is 3.39. The van der Waals surface area contributed by atoms with Crippen molar-refractivity contribution in [1.82, 2.24) is 0 Å². The van der Waals surface area contributed by atoms with Crippen LogP contribution >= 0.6 is 15.9 Å². The minimum Gasteiger partial charge on any atom is -0.481 e. The Hall–Kier alpha value is -1.36. The van der Waals surface area contributed by atoms with Gasteiger partial charge < -0.3 is 10.4 Å². The summed E-state index contributed by atoms with van der Waals surface area (Å²) in [6, 6.07) is 5.56. The van der Waals surface area contributed by atoms with Gasteiger partial charge in [0.15, 0.2) is 0 Å². The summed E-state index contributed by atoms with van der Waals surface area (Å²) in [4.78, 5) is 22.4. The van der Waals surface area contributed by atoms with E-state index in [0.29, 0.717) is 12.1 Å². The number of hydrogen-bond donors (Lipinski definition) is 2. The molecule has 0 saturated heterocycles. The van der Waals surface area contributed by atoms with Crippen LogP contribution in [0.5, 0.6) is 0 Å². The minimum absolute atomic E-state index is 0.219. The van der Waals surface area contributed by atoms with Gasteiger partial charge in [0.2, 0.25) is 5.91 Å². The molecule has 1 fully saturated rings. The molecule has 0 heterocycles. The summed E-state index contributed by atoms with van der Waals surface area (Å²) in [6.45, 7) is 1.93. The van der Waals surface area contributed by atoms with Crippen molar-refractivity contribution in [3.8, 4) is 0 Å². The zero-order valence-corrected chi connectivity index (χ0v) is 10.8. The lowest BCUT2D eigenvalue weighted by Gasteiger charge is -2.08. The molecule has 0 aromatic heterocycles. The van der Waals surface area contributed by atoms with Gasteiger partial charge in [0.1, 0.15) is 0 Å². The van der Waals surface area contributed by atoms with Gasteiger partial charge in [0, 0.05) is 4.47 Å². The van der Waals surface area contributed by atoms with Crippen molar-refractivity contribution in [1.29, 1.82) is 0 Å². The maximum Gasteiger partial charge on any atom is 0.307 e. The molecule has 0 aliphatic heterocycles. The zero-order valence-electron chi connectivity index (χ0n) is 9.24. The van der Waals surface area contributed by atoms with Crippen LogP contribution in [-0.2, 0) is 9.59 Å². The fourth-order valence-corrected chi connectivity index (χ4v) is 2.09. The van der Waals surface area contributed by atoms with Gasteiger partial charge in [-0.2, -0.15) is 0 Å². The van der Waals surface area contributed by atoms with Crippen molar-refractivity contribution in [2.45, 2.75) is 13.3 Å². The molecule has 0 bridgehead atoms. The SMILES string of the molecule is Cc1cccc(NC(=O)[C@@H]2C[C@@H]2C(=O)O)c1Br. The number of rotatable bonds is 3. The molecule has 2 atom stereocenters. The summed E-state index contributed by atoms with van der Waals surface area (Å²) in [7, 11) is 0. The minimum atomic E-state index is -0.895. The lowest BCUT2D eigenvalue weighted by molar-refractivity contribution is -0.139. The van der Waals surface area contributed by atoms with Gasteiger partial charge in [-0.3, -0.25) is 9.59 Å². The fraction of sp³-hybridized carbons (Fsp3) is 0.333. The Morgan fingerprint density at radius 2 is 2.12 bits per heavy atom. The van der Waals surface area contributed by atoms with Crippen LogP contribution < -0.4 is 5.32 Å². The maximum absolute atomic E-state index is 11.8. The Labute approximate surface area is 107 Å². The predicted octanol–water partition coefficient (Wildman–Crippen LogP) is 2.42. The van der Waals surface area contributed by atoms with Crippen molar-refractivity contribution in [3.05, 3.63) is 28.2 Å². The normalized spacial score (nSPS) is 22.0. The second kappa shape index (κ2) is 4.49. The summed E-state index contributed by atoms with van der Waals surface area (Å²) in [5.41, 5.74) is 1.71. The second-order valence-corrected chi connectivity index (χ2v) is 5.01. The molecule has 1 aromatic carbocycles. The van der Waals surface area contributed by atoms with Crippen LogP contribution in [0.3, 0.4) is 0 Å². The van der Waals surface area contributed by atoms with Gasteiger partial charge in [-0.1, -0.05) is 12.1 Å². The number of halogens is 1. The number of hydrogen-bond acceptors (Lipinski definition) is 2. The standard InChI is InChI=1S/C12H12BrNO3/c1-6-3-2-4-9(10(6)13)14-11(15)7-5-8(7)12(16)17/h2-4,7-8H,5H2,1H3,(H,14,15)(H,16,17)/t7-,8+/m1/s1. The molecule has 1 amide bonds. The average molecular weight is 298 g/mol. The number of carbonyl (C=O) groups excluding carboxylic acids is 1. The van der Waals surface area contributed by atoms with Crippen LogP contribution in [0.1, 0.15) is 12.0 Å². The van der Waals surface area contributed by atoms with Crippen LogP contribution in [0.25, 0.3) is 0 Å². The summed E-state index contributed by atoms with van der Waals surface area (Å²) in [5, 5.41) is 11.5. The van der Waals surface area contributed by atoms with E-state index >= 15 is 0 Å². The summed E-state index contributed by atoms with van der Waals surface area (Å²) in [5.74, 6) is -2.02. The van der Waals surface area contributed by atoms with E-state index in [1.54, 1.807) is 6.07 Å². The predicted molar refractivity (Wildman–Crippen MR) is 66.7 cm³/mol. The molecule has 2 N–H and O–H groups in total. The third-order valence-electron chi connectivity index (χ3n) is 2.89. The quantitative estimate of drug-likeness (QED) is 0.900. The second-order valence-electron chi connectivity index (χ2n) is 4.21. The topological polar surface area (TPSA) is 66.4 Å². The summed E-state index contributed by atoms with van der Waals surface area (Å²) < 4.78 is 0.834. The highest BCUT2D eigenvalue weighted by molar-refractivity contribution is 9.10. The molecule has 1 aliphatic carbocycles. The third-order valence-corrected chi connectivity index (χ3v) is 3.95. The van der Waals surface area contributed by atoms with E-state index in [1.807, 2.05) is 19.1 Å². The Bertz CT molecular complexity index is 487. The smallest absolute Gasteiger partial charge is 0.307 e. The first-order valence-electron chi connectivity index (χ1n) is 5.29. The monoisotopic (exact) mass is 297 g/mol. The number of aryl methyl sites for hydroxylation is 1. The molecular formula is C12H12BrNO3. The third kappa shape index (κ3) is 2.49. The molecule has 1 aliphatic rings. The molecule has 0 unspecified atom stereocenters. The Kier molecular flexibility index (Phi) is 3.19. The lowest BCUT2D eigenvalue weighted by Crippen LogP contribution is -2.17. The number of nitrogens with one attached hydrogen (secondary N) is 1.